The lowest BCUT2D eigenvalue weighted by Gasteiger charge is -2.18. The van der Waals surface area contributed by atoms with Crippen LogP contribution >= 0.6 is 0 Å². The Morgan fingerprint density at radius 3 is 2.69 bits per heavy atom. The van der Waals surface area contributed by atoms with Crippen LogP contribution < -0.4 is 0 Å². The minimum Gasteiger partial charge on any atom is -0.508 e. The molecule has 5 heteroatoms. The third-order valence-corrected chi connectivity index (χ3v) is 2.20. The Kier molecular flexibility index (Phi) is 4.00. The molecule has 3 N–H and O–H groups in total. The summed E-state index contributed by atoms with van der Waals surface area (Å²) in [6.07, 6.45) is -2.61. The number of aliphatic hydroxyl groups excluding tert-OH is 2. The lowest BCUT2D eigenvalue weighted by molar-refractivity contribution is 0.0199. The molecule has 0 amide bonds. The van der Waals surface area contributed by atoms with Crippen molar-refractivity contribution in [1.82, 2.24) is 0 Å². The normalized spacial score (nSPS) is 13.8. The van der Waals surface area contributed by atoms with Gasteiger partial charge < -0.3 is 15.3 Å². The van der Waals surface area contributed by atoms with Crippen molar-refractivity contribution < 1.29 is 20.1 Å². The van der Waals surface area contributed by atoms with Gasteiger partial charge in [0.1, 0.15) is 11.9 Å². The highest BCUT2D eigenvalue weighted by molar-refractivity contribution is 5.79. The molecule has 0 saturated carbocycles. The number of nitrogens with zero attached hydrogens (tertiary/aromatic N) is 1. The molecule has 16 heavy (non-hydrogen) atoms. The van der Waals surface area contributed by atoms with Crippen LogP contribution in [0.2, 0.25) is 0 Å². The Morgan fingerprint density at radius 2 is 2.12 bits per heavy atom. The van der Waals surface area contributed by atoms with Crippen molar-refractivity contribution in [2.75, 3.05) is 0 Å². The molecule has 0 aliphatic carbocycles. The topological polar surface area (TPSA) is 102 Å². The van der Waals surface area contributed by atoms with Crippen LogP contribution in [0.5, 0.6) is 5.75 Å². The number of phenolic OH excluding ortho intramolecular Hbond substituents is 1. The van der Waals surface area contributed by atoms with Crippen LogP contribution in [0.1, 0.15) is 28.4 Å². The summed E-state index contributed by atoms with van der Waals surface area (Å²) < 4.78 is 0. The molecule has 1 aromatic carbocycles. The molecule has 1 rings (SSSR count). The monoisotopic (exact) mass is 221 g/mol. The highest BCUT2D eigenvalue weighted by atomic mass is 16.3. The molecule has 2 unspecified atom stereocenters. The molecule has 0 heterocycles. The van der Waals surface area contributed by atoms with E-state index in [1.807, 2.05) is 0 Å². The van der Waals surface area contributed by atoms with Crippen molar-refractivity contribution in [1.29, 1.82) is 5.26 Å². The lowest BCUT2D eigenvalue weighted by Crippen LogP contribution is -2.19. The molecular formula is C11H11NO4. The largest absolute Gasteiger partial charge is 0.508 e. The van der Waals surface area contributed by atoms with E-state index in [1.54, 1.807) is 6.07 Å². The van der Waals surface area contributed by atoms with Gasteiger partial charge in [0.05, 0.1) is 18.6 Å². The lowest BCUT2D eigenvalue weighted by atomic mass is 9.97. The summed E-state index contributed by atoms with van der Waals surface area (Å²) in [6.45, 7) is 0. The van der Waals surface area contributed by atoms with Crippen molar-refractivity contribution in [2.24, 2.45) is 0 Å². The van der Waals surface area contributed by atoms with Crippen molar-refractivity contribution in [3.63, 3.8) is 0 Å². The maximum absolute atomic E-state index is 10.7. The van der Waals surface area contributed by atoms with Crippen LogP contribution in [0.15, 0.2) is 18.2 Å². The van der Waals surface area contributed by atoms with E-state index in [0.29, 0.717) is 6.29 Å². The molecular weight excluding hydrogens is 210 g/mol. The first-order chi connectivity index (χ1) is 7.61. The van der Waals surface area contributed by atoms with Gasteiger partial charge in [-0.25, -0.2) is 0 Å². The van der Waals surface area contributed by atoms with Crippen LogP contribution in [-0.2, 0) is 0 Å². The van der Waals surface area contributed by atoms with E-state index in [9.17, 15) is 20.1 Å². The van der Waals surface area contributed by atoms with Crippen molar-refractivity contribution in [2.45, 2.75) is 18.6 Å². The van der Waals surface area contributed by atoms with Gasteiger partial charge in [-0.1, -0.05) is 12.1 Å². The van der Waals surface area contributed by atoms with E-state index >= 15 is 0 Å². The predicted octanol–water partition coefficient (Wildman–Crippen LogP) is 0.513. The molecule has 0 saturated heterocycles. The summed E-state index contributed by atoms with van der Waals surface area (Å²) in [4.78, 5) is 10.7. The molecule has 0 aliphatic rings. The van der Waals surface area contributed by atoms with Crippen LogP contribution in [0.3, 0.4) is 0 Å². The Labute approximate surface area is 92.2 Å². The van der Waals surface area contributed by atoms with Gasteiger partial charge in [-0.05, 0) is 6.07 Å². The number of hydrogen-bond acceptors (Lipinski definition) is 5. The highest BCUT2D eigenvalue weighted by Gasteiger charge is 2.23. The fourth-order valence-electron chi connectivity index (χ4n) is 1.39. The third kappa shape index (κ3) is 2.37. The zero-order valence-corrected chi connectivity index (χ0v) is 8.37. The second-order valence-corrected chi connectivity index (χ2v) is 3.27. The Hall–Kier alpha value is -1.90. The van der Waals surface area contributed by atoms with Gasteiger partial charge in [0.2, 0.25) is 0 Å². The SMILES string of the molecule is N#CCC(O)C(O)c1c(O)cccc1C=O. The number of carbonyl (C=O) groups is 1. The number of aliphatic hydroxyl groups is 2. The van der Waals surface area contributed by atoms with E-state index < -0.39 is 12.2 Å². The Bertz CT molecular complexity index is 424. The van der Waals surface area contributed by atoms with Crippen LogP contribution in [0.25, 0.3) is 0 Å². The minimum absolute atomic E-state index is 0.0553. The zero-order chi connectivity index (χ0) is 12.1. The molecule has 5 nitrogen and oxygen atoms in total. The van der Waals surface area contributed by atoms with E-state index in [-0.39, 0.29) is 23.3 Å². The zero-order valence-electron chi connectivity index (χ0n) is 8.37. The number of carbonyl (C=O) groups excluding carboxylic acids is 1. The van der Waals surface area contributed by atoms with Crippen LogP contribution in [0.4, 0.5) is 0 Å². The number of rotatable bonds is 4. The molecule has 0 aliphatic heterocycles. The van der Waals surface area contributed by atoms with Crippen molar-refractivity contribution in [3.05, 3.63) is 29.3 Å². The molecule has 0 radical (unpaired) electrons. The molecule has 0 bridgehead atoms. The summed E-state index contributed by atoms with van der Waals surface area (Å²) in [7, 11) is 0. The number of aromatic hydroxyl groups is 1. The highest BCUT2D eigenvalue weighted by Crippen LogP contribution is 2.29. The number of nitriles is 1. The Balaban J connectivity index is 3.12. The summed E-state index contributed by atoms with van der Waals surface area (Å²) >= 11 is 0. The minimum atomic E-state index is -1.46. The van der Waals surface area contributed by atoms with Gasteiger partial charge in [-0.3, -0.25) is 4.79 Å². The maximum Gasteiger partial charge on any atom is 0.150 e. The van der Waals surface area contributed by atoms with E-state index in [0.717, 1.165) is 0 Å². The van der Waals surface area contributed by atoms with Gasteiger partial charge in [-0.2, -0.15) is 5.26 Å². The quantitative estimate of drug-likeness (QED) is 0.643. The fourth-order valence-corrected chi connectivity index (χ4v) is 1.39. The first-order valence-corrected chi connectivity index (χ1v) is 4.62. The average Bonchev–Trinajstić information content (AvgIpc) is 2.28. The number of hydrogen-bond donors (Lipinski definition) is 3. The number of benzene rings is 1. The molecule has 0 spiro atoms. The van der Waals surface area contributed by atoms with E-state index in [4.69, 9.17) is 5.26 Å². The second kappa shape index (κ2) is 5.26. The average molecular weight is 221 g/mol. The van der Waals surface area contributed by atoms with Gasteiger partial charge >= 0.3 is 0 Å². The van der Waals surface area contributed by atoms with Crippen molar-refractivity contribution >= 4 is 6.29 Å². The van der Waals surface area contributed by atoms with Crippen LogP contribution in [0, 0.1) is 11.3 Å². The molecule has 0 fully saturated rings. The van der Waals surface area contributed by atoms with E-state index in [2.05, 4.69) is 0 Å². The summed E-state index contributed by atoms with van der Waals surface area (Å²) in [5, 5.41) is 37.0. The molecule has 0 aromatic heterocycles. The summed E-state index contributed by atoms with van der Waals surface area (Å²) in [5.74, 6) is -0.283. The number of aldehydes is 1. The second-order valence-electron chi connectivity index (χ2n) is 3.27. The maximum atomic E-state index is 10.7. The van der Waals surface area contributed by atoms with E-state index in [1.165, 1.54) is 18.2 Å². The van der Waals surface area contributed by atoms with Gasteiger partial charge in [-0.15, -0.1) is 0 Å². The van der Waals surface area contributed by atoms with Crippen LogP contribution in [-0.4, -0.2) is 27.7 Å². The fraction of sp³-hybridized carbons (Fsp3) is 0.273. The third-order valence-electron chi connectivity index (χ3n) is 2.20. The first-order valence-electron chi connectivity index (χ1n) is 4.62. The smallest absolute Gasteiger partial charge is 0.150 e. The Morgan fingerprint density at radius 1 is 1.44 bits per heavy atom. The molecule has 84 valence electrons. The van der Waals surface area contributed by atoms with Gasteiger partial charge in [0, 0.05) is 11.1 Å². The summed E-state index contributed by atoms with van der Waals surface area (Å²) in [6, 6.07) is 5.85. The van der Waals surface area contributed by atoms with Gasteiger partial charge in [0.15, 0.2) is 6.29 Å². The first kappa shape index (κ1) is 12.2. The summed E-state index contributed by atoms with van der Waals surface area (Å²) in [5.41, 5.74) is 0.0322. The standard InChI is InChI=1S/C11H11NO4/c12-5-4-9(15)11(16)10-7(6-13)2-1-3-8(10)14/h1-3,6,9,11,14-16H,4H2. The predicted molar refractivity (Wildman–Crippen MR) is 54.7 cm³/mol. The van der Waals surface area contributed by atoms with Crippen molar-refractivity contribution in [3.8, 4) is 11.8 Å². The number of phenols is 1. The molecule has 2 atom stereocenters. The van der Waals surface area contributed by atoms with Gasteiger partial charge in [0.25, 0.3) is 0 Å². The molecule has 1 aromatic rings.